The highest BCUT2D eigenvalue weighted by atomic mass is 16.5. The maximum atomic E-state index is 12.1. The van der Waals surface area contributed by atoms with E-state index in [0.29, 0.717) is 0 Å². The number of amides is 1. The van der Waals surface area contributed by atoms with Gasteiger partial charge in [-0.3, -0.25) is 9.89 Å². The minimum atomic E-state index is -0.0520. The monoisotopic (exact) mass is 329 g/mol. The average molecular weight is 329 g/mol. The first-order valence-electron chi connectivity index (χ1n) is 8.55. The van der Waals surface area contributed by atoms with Crippen molar-refractivity contribution in [2.24, 2.45) is 5.92 Å². The Morgan fingerprint density at radius 1 is 1.21 bits per heavy atom. The molecule has 0 saturated heterocycles. The predicted molar refractivity (Wildman–Crippen MR) is 96.5 cm³/mol. The molecule has 24 heavy (non-hydrogen) atoms. The first-order valence-corrected chi connectivity index (χ1v) is 8.55. The fourth-order valence-corrected chi connectivity index (χ4v) is 2.50. The maximum Gasteiger partial charge on any atom is 0.227 e. The van der Waals surface area contributed by atoms with Crippen LogP contribution in [0.2, 0.25) is 0 Å². The second kappa shape index (κ2) is 8.52. The Labute approximate surface area is 143 Å². The normalized spacial score (nSPS) is 10.9. The number of aromatic nitrogens is 2. The molecule has 0 aliphatic carbocycles. The van der Waals surface area contributed by atoms with E-state index in [0.717, 1.165) is 48.5 Å². The van der Waals surface area contributed by atoms with Crippen LogP contribution in [0.15, 0.2) is 24.3 Å². The number of aromatic amines is 1. The van der Waals surface area contributed by atoms with Gasteiger partial charge >= 0.3 is 0 Å². The number of methoxy groups -OCH3 is 1. The molecule has 0 bridgehead atoms. The third-order valence-electron chi connectivity index (χ3n) is 4.00. The summed E-state index contributed by atoms with van der Waals surface area (Å²) >= 11 is 0. The first-order chi connectivity index (χ1) is 11.5. The van der Waals surface area contributed by atoms with Crippen molar-refractivity contribution in [3.63, 3.8) is 0 Å². The van der Waals surface area contributed by atoms with Gasteiger partial charge in [0.2, 0.25) is 5.91 Å². The standard InChI is InChI=1S/C19H27N3O2/c1-5-6-16-18(20-19(23)13(2)3)17(22-21-16)12-9-14-7-10-15(24-4)11-8-14/h7-8,10-11,13H,5-6,9,12H2,1-4H3,(H,20,23)(H,21,22). The third kappa shape index (κ3) is 4.60. The fraction of sp³-hybridized carbons (Fsp3) is 0.474. The molecule has 5 nitrogen and oxygen atoms in total. The van der Waals surface area contributed by atoms with Gasteiger partial charge in [-0.15, -0.1) is 0 Å². The van der Waals surface area contributed by atoms with Crippen LogP contribution in [0.4, 0.5) is 5.69 Å². The second-order valence-corrected chi connectivity index (χ2v) is 6.27. The van der Waals surface area contributed by atoms with E-state index in [1.165, 1.54) is 5.56 Å². The van der Waals surface area contributed by atoms with Crippen molar-refractivity contribution in [1.29, 1.82) is 0 Å². The Morgan fingerprint density at radius 3 is 2.50 bits per heavy atom. The summed E-state index contributed by atoms with van der Waals surface area (Å²) in [5.41, 5.74) is 4.01. The van der Waals surface area contributed by atoms with Crippen molar-refractivity contribution >= 4 is 11.6 Å². The Balaban J connectivity index is 2.11. The molecule has 2 rings (SSSR count). The summed E-state index contributed by atoms with van der Waals surface area (Å²) in [5, 5.41) is 10.6. The summed E-state index contributed by atoms with van der Waals surface area (Å²) in [6.45, 7) is 5.91. The van der Waals surface area contributed by atoms with E-state index in [-0.39, 0.29) is 11.8 Å². The van der Waals surface area contributed by atoms with Crippen LogP contribution in [0.25, 0.3) is 0 Å². The number of carbonyl (C=O) groups is 1. The summed E-state index contributed by atoms with van der Waals surface area (Å²) in [4.78, 5) is 12.1. The van der Waals surface area contributed by atoms with Gasteiger partial charge in [-0.25, -0.2) is 0 Å². The van der Waals surface area contributed by atoms with Crippen molar-refractivity contribution in [1.82, 2.24) is 10.2 Å². The SMILES string of the molecule is CCCc1[nH]nc(CCc2ccc(OC)cc2)c1NC(=O)C(C)C. The molecule has 0 spiro atoms. The highest BCUT2D eigenvalue weighted by Gasteiger charge is 2.17. The van der Waals surface area contributed by atoms with Gasteiger partial charge in [-0.05, 0) is 37.0 Å². The molecule has 1 heterocycles. The Hall–Kier alpha value is -2.30. The van der Waals surface area contributed by atoms with E-state index < -0.39 is 0 Å². The summed E-state index contributed by atoms with van der Waals surface area (Å²) < 4.78 is 5.18. The Bertz CT molecular complexity index is 660. The number of rotatable bonds is 8. The number of aryl methyl sites for hydroxylation is 3. The molecule has 0 atom stereocenters. The number of nitrogens with one attached hydrogen (secondary N) is 2. The Morgan fingerprint density at radius 2 is 1.92 bits per heavy atom. The highest BCUT2D eigenvalue weighted by molar-refractivity contribution is 5.93. The summed E-state index contributed by atoms with van der Waals surface area (Å²) in [6.07, 6.45) is 3.53. The molecule has 130 valence electrons. The molecule has 0 radical (unpaired) electrons. The van der Waals surface area contributed by atoms with Crippen LogP contribution in [0.3, 0.4) is 0 Å². The van der Waals surface area contributed by atoms with Gasteiger partial charge in [0.1, 0.15) is 5.75 Å². The summed E-state index contributed by atoms with van der Waals surface area (Å²) in [6, 6.07) is 8.04. The van der Waals surface area contributed by atoms with E-state index >= 15 is 0 Å². The van der Waals surface area contributed by atoms with E-state index in [1.54, 1.807) is 7.11 Å². The van der Waals surface area contributed by atoms with Gasteiger partial charge in [0.15, 0.2) is 0 Å². The van der Waals surface area contributed by atoms with E-state index in [2.05, 4.69) is 34.6 Å². The molecule has 1 aromatic heterocycles. The van der Waals surface area contributed by atoms with Gasteiger partial charge < -0.3 is 10.1 Å². The molecule has 2 N–H and O–H groups in total. The maximum absolute atomic E-state index is 12.1. The lowest BCUT2D eigenvalue weighted by Crippen LogP contribution is -2.19. The number of carbonyl (C=O) groups excluding carboxylic acids is 1. The highest BCUT2D eigenvalue weighted by Crippen LogP contribution is 2.23. The van der Waals surface area contributed by atoms with Gasteiger partial charge in [0.25, 0.3) is 0 Å². The van der Waals surface area contributed by atoms with E-state index in [4.69, 9.17) is 4.74 Å². The number of anilines is 1. The number of hydrogen-bond donors (Lipinski definition) is 2. The van der Waals surface area contributed by atoms with Crippen molar-refractivity contribution in [2.45, 2.75) is 46.5 Å². The minimum Gasteiger partial charge on any atom is -0.497 e. The molecule has 0 saturated carbocycles. The number of hydrogen-bond acceptors (Lipinski definition) is 3. The van der Waals surface area contributed by atoms with Crippen LogP contribution in [0, 0.1) is 5.92 Å². The van der Waals surface area contributed by atoms with Crippen molar-refractivity contribution in [3.8, 4) is 5.75 Å². The number of H-pyrrole nitrogens is 1. The quantitative estimate of drug-likeness (QED) is 0.775. The first kappa shape index (κ1) is 18.0. The zero-order valence-corrected chi connectivity index (χ0v) is 15.0. The summed E-state index contributed by atoms with van der Waals surface area (Å²) in [7, 11) is 1.66. The molecule has 0 fully saturated rings. The van der Waals surface area contributed by atoms with Gasteiger partial charge in [0.05, 0.1) is 24.2 Å². The molecule has 5 heteroatoms. The topological polar surface area (TPSA) is 67.0 Å². The van der Waals surface area contributed by atoms with Crippen LogP contribution < -0.4 is 10.1 Å². The van der Waals surface area contributed by atoms with Crippen LogP contribution in [-0.4, -0.2) is 23.2 Å². The van der Waals surface area contributed by atoms with E-state index in [1.807, 2.05) is 26.0 Å². The zero-order valence-electron chi connectivity index (χ0n) is 15.0. The molecule has 0 aliphatic heterocycles. The van der Waals surface area contributed by atoms with Crippen molar-refractivity contribution in [2.75, 3.05) is 12.4 Å². The smallest absolute Gasteiger partial charge is 0.227 e. The molecule has 0 unspecified atom stereocenters. The Kier molecular flexibility index (Phi) is 6.41. The zero-order chi connectivity index (χ0) is 17.5. The van der Waals surface area contributed by atoms with Crippen LogP contribution >= 0.6 is 0 Å². The van der Waals surface area contributed by atoms with Crippen molar-refractivity contribution < 1.29 is 9.53 Å². The lowest BCUT2D eigenvalue weighted by Gasteiger charge is -2.10. The minimum absolute atomic E-state index is 0.0273. The molecular formula is C19H27N3O2. The van der Waals surface area contributed by atoms with Crippen LogP contribution in [0.5, 0.6) is 5.75 Å². The second-order valence-electron chi connectivity index (χ2n) is 6.27. The predicted octanol–water partition coefficient (Wildman–Crippen LogP) is 3.75. The average Bonchev–Trinajstić information content (AvgIpc) is 2.95. The number of nitrogens with zero attached hydrogens (tertiary/aromatic N) is 1. The van der Waals surface area contributed by atoms with E-state index in [9.17, 15) is 4.79 Å². The largest absolute Gasteiger partial charge is 0.497 e. The van der Waals surface area contributed by atoms with Gasteiger partial charge in [0, 0.05) is 5.92 Å². The van der Waals surface area contributed by atoms with Gasteiger partial charge in [-0.2, -0.15) is 5.10 Å². The fourth-order valence-electron chi connectivity index (χ4n) is 2.50. The lowest BCUT2D eigenvalue weighted by molar-refractivity contribution is -0.118. The van der Waals surface area contributed by atoms with Crippen LogP contribution in [-0.2, 0) is 24.1 Å². The molecule has 2 aromatic rings. The number of ether oxygens (including phenoxy) is 1. The van der Waals surface area contributed by atoms with Crippen molar-refractivity contribution in [3.05, 3.63) is 41.2 Å². The molecule has 0 aliphatic rings. The number of benzene rings is 1. The van der Waals surface area contributed by atoms with Gasteiger partial charge in [-0.1, -0.05) is 39.3 Å². The molecule has 1 aromatic carbocycles. The lowest BCUT2D eigenvalue weighted by atomic mass is 10.1. The summed E-state index contributed by atoms with van der Waals surface area (Å²) in [5.74, 6) is 0.830. The molecular weight excluding hydrogens is 302 g/mol. The third-order valence-corrected chi connectivity index (χ3v) is 4.00. The molecule has 1 amide bonds. The van der Waals surface area contributed by atoms with Crippen LogP contribution in [0.1, 0.15) is 44.1 Å².